The van der Waals surface area contributed by atoms with E-state index in [-0.39, 0.29) is 23.9 Å². The van der Waals surface area contributed by atoms with E-state index in [1.165, 1.54) is 12.3 Å². The fraction of sp³-hybridized carbons (Fsp3) is 0.407. The number of aliphatic imine (C=N–C) groups is 1. The number of aromatic nitrogens is 2. The summed E-state index contributed by atoms with van der Waals surface area (Å²) < 4.78 is 33.6. The molecule has 1 aliphatic carbocycles. The topological polar surface area (TPSA) is 115 Å². The van der Waals surface area contributed by atoms with Gasteiger partial charge in [-0.15, -0.1) is 0 Å². The minimum Gasteiger partial charge on any atom is -0.444 e. The molecule has 2 amide bonds. The van der Waals surface area contributed by atoms with Crippen molar-refractivity contribution in [3.63, 3.8) is 0 Å². The summed E-state index contributed by atoms with van der Waals surface area (Å²) in [5.41, 5.74) is 0.526. The molecule has 5 rings (SSSR count). The van der Waals surface area contributed by atoms with E-state index in [2.05, 4.69) is 37.9 Å². The Balaban J connectivity index is 1.21. The number of fused-ring (bicyclic) bond motifs is 1. The minimum atomic E-state index is -0.950. The van der Waals surface area contributed by atoms with Crippen molar-refractivity contribution in [2.24, 2.45) is 4.99 Å². The van der Waals surface area contributed by atoms with Crippen LogP contribution in [-0.2, 0) is 4.74 Å². The van der Waals surface area contributed by atoms with Gasteiger partial charge in [0.1, 0.15) is 22.8 Å². The van der Waals surface area contributed by atoms with Crippen LogP contribution in [0.3, 0.4) is 0 Å². The van der Waals surface area contributed by atoms with Gasteiger partial charge < -0.3 is 20.3 Å². The quantitative estimate of drug-likeness (QED) is 0.538. The number of ether oxygens (including phenoxy) is 1. The van der Waals surface area contributed by atoms with Crippen LogP contribution >= 0.6 is 0 Å². The number of nitrogens with zero attached hydrogens (tertiary/aromatic N) is 4. The summed E-state index contributed by atoms with van der Waals surface area (Å²) in [6.07, 6.45) is 7.33. The number of carbonyl (C=O) groups excluding carboxylic acids is 2. The van der Waals surface area contributed by atoms with Gasteiger partial charge in [-0.3, -0.25) is 19.8 Å². The maximum absolute atomic E-state index is 14.0. The van der Waals surface area contributed by atoms with Crippen molar-refractivity contribution < 1.29 is 23.1 Å². The second-order valence-electron chi connectivity index (χ2n) is 10.7. The number of piperazine rings is 1. The molecule has 1 fully saturated rings. The van der Waals surface area contributed by atoms with Crippen molar-refractivity contribution in [2.45, 2.75) is 38.5 Å². The Morgan fingerprint density at radius 3 is 2.56 bits per heavy atom. The average molecular weight is 540 g/mol. The third kappa shape index (κ3) is 6.00. The standard InChI is InChI=1S/C27H31F2N7O3/c1-27(2,3)39-26(38)36-11-9-35(10-12-36)15-16-7-8-19-20(13-16)32-24(31-19)23-21(14-30-34-23)33-25(37)22-17(28)5-4-6-18(22)29/h4-8,13-14,19-20H,9-12,15H2,1-3H3,(H,30,34)(H,31,32)(H,33,37). The highest BCUT2D eigenvalue weighted by atomic mass is 19.1. The highest BCUT2D eigenvalue weighted by Gasteiger charge is 2.32. The molecule has 2 unspecified atom stereocenters. The number of amides is 2. The lowest BCUT2D eigenvalue weighted by atomic mass is 9.99. The molecule has 1 aromatic heterocycles. The Bertz CT molecular complexity index is 1330. The summed E-state index contributed by atoms with van der Waals surface area (Å²) in [4.78, 5) is 33.7. The Morgan fingerprint density at radius 1 is 1.15 bits per heavy atom. The van der Waals surface area contributed by atoms with Crippen LogP contribution in [0, 0.1) is 11.6 Å². The van der Waals surface area contributed by atoms with Gasteiger partial charge in [-0.2, -0.15) is 5.10 Å². The summed E-state index contributed by atoms with van der Waals surface area (Å²) >= 11 is 0. The largest absolute Gasteiger partial charge is 0.444 e. The molecule has 206 valence electrons. The highest BCUT2D eigenvalue weighted by molar-refractivity contribution is 6.10. The number of nitrogens with one attached hydrogen (secondary N) is 3. The third-order valence-electron chi connectivity index (χ3n) is 6.58. The van der Waals surface area contributed by atoms with Crippen LogP contribution in [0.25, 0.3) is 0 Å². The molecule has 2 aromatic rings. The zero-order valence-corrected chi connectivity index (χ0v) is 22.0. The van der Waals surface area contributed by atoms with E-state index in [0.29, 0.717) is 24.6 Å². The van der Waals surface area contributed by atoms with Gasteiger partial charge in [-0.25, -0.2) is 13.6 Å². The molecule has 12 heteroatoms. The molecule has 0 saturated carbocycles. The third-order valence-corrected chi connectivity index (χ3v) is 6.58. The average Bonchev–Trinajstić information content (AvgIpc) is 3.49. The first kappa shape index (κ1) is 26.5. The molecule has 0 spiro atoms. The van der Waals surface area contributed by atoms with Gasteiger partial charge in [0.15, 0.2) is 11.5 Å². The molecular weight excluding hydrogens is 508 g/mol. The Kier molecular flexibility index (Phi) is 7.21. The molecule has 3 heterocycles. The molecule has 3 aliphatic rings. The number of aromatic amines is 1. The predicted molar refractivity (Wildman–Crippen MR) is 142 cm³/mol. The van der Waals surface area contributed by atoms with E-state index < -0.39 is 28.7 Å². The van der Waals surface area contributed by atoms with Gasteiger partial charge in [0.25, 0.3) is 5.91 Å². The summed E-state index contributed by atoms with van der Waals surface area (Å²) in [5, 5.41) is 12.7. The number of H-pyrrole nitrogens is 1. The lowest BCUT2D eigenvalue weighted by molar-refractivity contribution is 0.0152. The van der Waals surface area contributed by atoms with Crippen LogP contribution < -0.4 is 10.6 Å². The van der Waals surface area contributed by atoms with Gasteiger partial charge in [0, 0.05) is 38.9 Å². The number of rotatable bonds is 5. The van der Waals surface area contributed by atoms with Gasteiger partial charge in [-0.1, -0.05) is 24.3 Å². The lowest BCUT2D eigenvalue weighted by Gasteiger charge is -2.36. The normalized spacial score (nSPS) is 21.1. The lowest BCUT2D eigenvalue weighted by Crippen LogP contribution is -2.50. The fourth-order valence-electron chi connectivity index (χ4n) is 4.69. The molecule has 3 N–H and O–H groups in total. The molecule has 2 aliphatic heterocycles. The van der Waals surface area contributed by atoms with Crippen molar-refractivity contribution in [3.8, 4) is 0 Å². The maximum atomic E-state index is 14.0. The summed E-state index contributed by atoms with van der Waals surface area (Å²) in [5.74, 6) is -2.36. The van der Waals surface area contributed by atoms with E-state index in [1.54, 1.807) is 4.90 Å². The SMILES string of the molecule is CC(C)(C)OC(=O)N1CCN(CC2=CC3N=C(c4n[nH]cc4NC(=O)c4c(F)cccc4F)NC3C=C2)CC1. The minimum absolute atomic E-state index is 0.0861. The molecule has 10 nitrogen and oxygen atoms in total. The van der Waals surface area contributed by atoms with Crippen molar-refractivity contribution in [1.29, 1.82) is 0 Å². The molecule has 2 atom stereocenters. The molecule has 1 aromatic carbocycles. The van der Waals surface area contributed by atoms with Gasteiger partial charge in [0.2, 0.25) is 0 Å². The molecular formula is C27H31F2N7O3. The zero-order valence-electron chi connectivity index (χ0n) is 22.0. The van der Waals surface area contributed by atoms with E-state index >= 15 is 0 Å². The Hall–Kier alpha value is -4.06. The van der Waals surface area contributed by atoms with Crippen LogP contribution in [0.2, 0.25) is 0 Å². The second-order valence-corrected chi connectivity index (χ2v) is 10.7. The fourth-order valence-corrected chi connectivity index (χ4v) is 4.69. The number of carbonyl (C=O) groups is 2. The second kappa shape index (κ2) is 10.6. The van der Waals surface area contributed by atoms with E-state index in [9.17, 15) is 18.4 Å². The number of halogens is 2. The first-order chi connectivity index (χ1) is 18.6. The molecule has 39 heavy (non-hydrogen) atoms. The number of hydrogen-bond donors (Lipinski definition) is 3. The summed E-state index contributed by atoms with van der Waals surface area (Å²) in [6.45, 7) is 8.99. The van der Waals surface area contributed by atoms with Crippen molar-refractivity contribution in [2.75, 3.05) is 38.0 Å². The summed E-state index contributed by atoms with van der Waals surface area (Å²) in [7, 11) is 0. The monoisotopic (exact) mass is 539 g/mol. The van der Waals surface area contributed by atoms with Crippen molar-refractivity contribution in [3.05, 3.63) is 71.1 Å². The predicted octanol–water partition coefficient (Wildman–Crippen LogP) is 3.08. The van der Waals surface area contributed by atoms with Gasteiger partial charge in [0.05, 0.1) is 17.8 Å². The Labute approximate surface area is 224 Å². The maximum Gasteiger partial charge on any atom is 0.410 e. The van der Waals surface area contributed by atoms with E-state index in [4.69, 9.17) is 9.73 Å². The summed E-state index contributed by atoms with van der Waals surface area (Å²) in [6, 6.07) is 2.99. The van der Waals surface area contributed by atoms with Gasteiger partial charge in [-0.05, 0) is 38.5 Å². The van der Waals surface area contributed by atoms with Crippen molar-refractivity contribution in [1.82, 2.24) is 25.3 Å². The number of benzene rings is 1. The first-order valence-corrected chi connectivity index (χ1v) is 12.8. The molecule has 1 saturated heterocycles. The molecule has 0 bridgehead atoms. The van der Waals surface area contributed by atoms with Crippen LogP contribution in [0.1, 0.15) is 36.8 Å². The number of amidine groups is 1. The van der Waals surface area contributed by atoms with E-state index in [0.717, 1.165) is 37.3 Å². The smallest absolute Gasteiger partial charge is 0.410 e. The van der Waals surface area contributed by atoms with Crippen LogP contribution in [0.5, 0.6) is 0 Å². The number of hydrogen-bond acceptors (Lipinski definition) is 7. The first-order valence-electron chi connectivity index (χ1n) is 12.8. The number of anilines is 1. The van der Waals surface area contributed by atoms with Crippen LogP contribution in [0.15, 0.2) is 53.2 Å². The van der Waals surface area contributed by atoms with E-state index in [1.807, 2.05) is 26.8 Å². The zero-order chi connectivity index (χ0) is 27.7. The van der Waals surface area contributed by atoms with Gasteiger partial charge >= 0.3 is 6.09 Å². The van der Waals surface area contributed by atoms with Crippen molar-refractivity contribution >= 4 is 23.5 Å². The van der Waals surface area contributed by atoms with Crippen LogP contribution in [0.4, 0.5) is 19.3 Å². The Morgan fingerprint density at radius 2 is 1.87 bits per heavy atom. The highest BCUT2D eigenvalue weighted by Crippen LogP contribution is 2.24. The van der Waals surface area contributed by atoms with Crippen LogP contribution in [-0.4, -0.2) is 88.2 Å². The molecule has 0 radical (unpaired) electrons.